The largest absolute Gasteiger partial charge is 0.311 e. The van der Waals surface area contributed by atoms with E-state index in [4.69, 9.17) is 0 Å². The SMILES string of the molecule is Cc1ccc(S(=O)(=O)N2CCC[C@@H](C(=O)N3CCCSc4ccccc43)C2)s1. The normalized spacial score (nSPS) is 21.2. The van der Waals surface area contributed by atoms with E-state index in [2.05, 4.69) is 6.07 Å². The Labute approximate surface area is 174 Å². The number of para-hydroxylation sites is 1. The van der Waals surface area contributed by atoms with Gasteiger partial charge in [0.15, 0.2) is 0 Å². The van der Waals surface area contributed by atoms with Crippen molar-refractivity contribution < 1.29 is 13.2 Å². The zero-order valence-corrected chi connectivity index (χ0v) is 18.3. The summed E-state index contributed by atoms with van der Waals surface area (Å²) in [6.07, 6.45) is 2.39. The Hall–Kier alpha value is -1.35. The number of anilines is 1. The Morgan fingerprint density at radius 1 is 1.11 bits per heavy atom. The van der Waals surface area contributed by atoms with Gasteiger partial charge in [-0.2, -0.15) is 4.31 Å². The van der Waals surface area contributed by atoms with Crippen LogP contribution in [0.3, 0.4) is 0 Å². The van der Waals surface area contributed by atoms with E-state index >= 15 is 0 Å². The summed E-state index contributed by atoms with van der Waals surface area (Å²) >= 11 is 3.07. The van der Waals surface area contributed by atoms with Crippen molar-refractivity contribution in [3.63, 3.8) is 0 Å². The highest BCUT2D eigenvalue weighted by molar-refractivity contribution is 7.99. The second kappa shape index (κ2) is 8.18. The summed E-state index contributed by atoms with van der Waals surface area (Å²) in [7, 11) is -3.53. The molecule has 5 nitrogen and oxygen atoms in total. The Balaban J connectivity index is 1.56. The highest BCUT2D eigenvalue weighted by Crippen LogP contribution is 2.36. The van der Waals surface area contributed by atoms with E-state index in [-0.39, 0.29) is 18.4 Å². The van der Waals surface area contributed by atoms with Gasteiger partial charge in [0, 0.05) is 29.4 Å². The molecule has 0 unspecified atom stereocenters. The molecular weight excluding hydrogens is 412 g/mol. The van der Waals surface area contributed by atoms with Gasteiger partial charge in [0.25, 0.3) is 10.0 Å². The second-order valence-electron chi connectivity index (χ2n) is 7.23. The number of carbonyl (C=O) groups excluding carboxylic acids is 1. The van der Waals surface area contributed by atoms with Crippen LogP contribution in [0.25, 0.3) is 0 Å². The lowest BCUT2D eigenvalue weighted by Crippen LogP contribution is -2.47. The number of fused-ring (bicyclic) bond motifs is 1. The topological polar surface area (TPSA) is 57.7 Å². The average Bonchev–Trinajstić information content (AvgIpc) is 3.04. The summed E-state index contributed by atoms with van der Waals surface area (Å²) in [6, 6.07) is 11.5. The summed E-state index contributed by atoms with van der Waals surface area (Å²) in [5.41, 5.74) is 0.962. The summed E-state index contributed by atoms with van der Waals surface area (Å²) < 4.78 is 27.9. The Bertz CT molecular complexity index is 971. The van der Waals surface area contributed by atoms with Gasteiger partial charge in [-0.15, -0.1) is 23.1 Å². The van der Waals surface area contributed by atoms with Crippen LogP contribution in [0.4, 0.5) is 5.69 Å². The van der Waals surface area contributed by atoms with Crippen molar-refractivity contribution in [3.8, 4) is 0 Å². The highest BCUT2D eigenvalue weighted by Gasteiger charge is 2.36. The van der Waals surface area contributed by atoms with Crippen molar-refractivity contribution in [2.75, 3.05) is 30.3 Å². The molecule has 0 aliphatic carbocycles. The Morgan fingerprint density at radius 2 is 1.93 bits per heavy atom. The molecule has 2 aliphatic rings. The molecule has 0 saturated carbocycles. The smallest absolute Gasteiger partial charge is 0.252 e. The zero-order valence-electron chi connectivity index (χ0n) is 15.8. The number of aryl methyl sites for hydroxylation is 1. The fraction of sp³-hybridized carbons (Fsp3) is 0.450. The minimum atomic E-state index is -3.53. The molecule has 2 aromatic rings. The zero-order chi connectivity index (χ0) is 19.7. The van der Waals surface area contributed by atoms with E-state index in [1.54, 1.807) is 17.8 Å². The maximum absolute atomic E-state index is 13.4. The van der Waals surface area contributed by atoms with E-state index in [9.17, 15) is 13.2 Å². The quantitative estimate of drug-likeness (QED) is 0.730. The van der Waals surface area contributed by atoms with Gasteiger partial charge >= 0.3 is 0 Å². The number of amides is 1. The van der Waals surface area contributed by atoms with Gasteiger partial charge in [-0.05, 0) is 56.2 Å². The molecule has 1 aromatic carbocycles. The van der Waals surface area contributed by atoms with Gasteiger partial charge in [0.1, 0.15) is 4.21 Å². The van der Waals surface area contributed by atoms with Gasteiger partial charge < -0.3 is 4.90 Å². The molecule has 28 heavy (non-hydrogen) atoms. The van der Waals surface area contributed by atoms with Crippen LogP contribution in [0.2, 0.25) is 0 Å². The lowest BCUT2D eigenvalue weighted by molar-refractivity contribution is -0.123. The minimum Gasteiger partial charge on any atom is -0.311 e. The van der Waals surface area contributed by atoms with E-state index < -0.39 is 10.0 Å². The molecule has 1 saturated heterocycles. The predicted octanol–water partition coefficient (Wildman–Crippen LogP) is 3.99. The van der Waals surface area contributed by atoms with Crippen LogP contribution in [0, 0.1) is 12.8 Å². The van der Waals surface area contributed by atoms with Crippen molar-refractivity contribution in [1.29, 1.82) is 0 Å². The minimum absolute atomic E-state index is 0.0530. The first-order chi connectivity index (χ1) is 13.5. The van der Waals surface area contributed by atoms with Crippen LogP contribution < -0.4 is 4.90 Å². The van der Waals surface area contributed by atoms with E-state index in [1.165, 1.54) is 15.6 Å². The van der Waals surface area contributed by atoms with Gasteiger partial charge in [-0.3, -0.25) is 4.79 Å². The van der Waals surface area contributed by atoms with E-state index in [0.717, 1.165) is 34.1 Å². The number of rotatable bonds is 3. The number of nitrogens with zero attached hydrogens (tertiary/aromatic N) is 2. The van der Waals surface area contributed by atoms with E-state index in [1.807, 2.05) is 36.1 Å². The number of benzene rings is 1. The number of thiophene rings is 1. The summed E-state index contributed by atoms with van der Waals surface area (Å²) in [5, 5.41) is 0. The van der Waals surface area contributed by atoms with Crippen LogP contribution in [0.1, 0.15) is 24.1 Å². The number of carbonyl (C=O) groups is 1. The molecule has 0 N–H and O–H groups in total. The number of hydrogen-bond acceptors (Lipinski definition) is 5. The molecule has 4 rings (SSSR count). The molecule has 1 fully saturated rings. The fourth-order valence-electron chi connectivity index (χ4n) is 3.82. The maximum atomic E-state index is 13.4. The molecule has 2 aliphatic heterocycles. The van der Waals surface area contributed by atoms with Crippen molar-refractivity contribution in [2.45, 2.75) is 35.3 Å². The Kier molecular flexibility index (Phi) is 5.83. The van der Waals surface area contributed by atoms with Gasteiger partial charge in [0.2, 0.25) is 5.91 Å². The first-order valence-corrected chi connectivity index (χ1v) is 12.8. The lowest BCUT2D eigenvalue weighted by Gasteiger charge is -2.34. The summed E-state index contributed by atoms with van der Waals surface area (Å²) in [5.74, 6) is 0.752. The standard InChI is InChI=1S/C20H24N2O3S3/c1-15-9-10-19(27-15)28(24,25)21-11-4-6-16(14-21)20(23)22-12-5-13-26-18-8-3-2-7-17(18)22/h2-3,7-10,16H,4-6,11-14H2,1H3/t16-/m1/s1. The van der Waals surface area contributed by atoms with Crippen molar-refractivity contribution in [3.05, 3.63) is 41.3 Å². The van der Waals surface area contributed by atoms with Crippen LogP contribution in [-0.2, 0) is 14.8 Å². The molecule has 8 heteroatoms. The molecule has 150 valence electrons. The summed E-state index contributed by atoms with van der Waals surface area (Å²) in [4.78, 5) is 17.4. The molecule has 3 heterocycles. The van der Waals surface area contributed by atoms with Crippen molar-refractivity contribution >= 4 is 44.7 Å². The third kappa shape index (κ3) is 3.87. The third-order valence-electron chi connectivity index (χ3n) is 5.25. The van der Waals surface area contributed by atoms with Crippen LogP contribution in [0.5, 0.6) is 0 Å². The first-order valence-electron chi connectivity index (χ1n) is 9.56. The monoisotopic (exact) mass is 436 g/mol. The lowest BCUT2D eigenvalue weighted by atomic mass is 9.97. The predicted molar refractivity (Wildman–Crippen MR) is 115 cm³/mol. The van der Waals surface area contributed by atoms with E-state index in [0.29, 0.717) is 23.7 Å². The van der Waals surface area contributed by atoms with Gasteiger partial charge in [0.05, 0.1) is 11.6 Å². The van der Waals surface area contributed by atoms with Gasteiger partial charge in [-0.25, -0.2) is 8.42 Å². The number of piperidine rings is 1. The highest BCUT2D eigenvalue weighted by atomic mass is 32.2. The van der Waals surface area contributed by atoms with Crippen LogP contribution in [-0.4, -0.2) is 44.0 Å². The number of sulfonamides is 1. The second-order valence-corrected chi connectivity index (χ2v) is 11.8. The van der Waals surface area contributed by atoms with Crippen molar-refractivity contribution in [2.24, 2.45) is 5.92 Å². The molecular formula is C20H24N2O3S3. The molecule has 0 radical (unpaired) electrons. The van der Waals surface area contributed by atoms with Crippen LogP contribution >= 0.6 is 23.1 Å². The first kappa shape index (κ1) is 19.9. The average molecular weight is 437 g/mol. The molecule has 1 atom stereocenters. The maximum Gasteiger partial charge on any atom is 0.252 e. The van der Waals surface area contributed by atoms with Gasteiger partial charge in [-0.1, -0.05) is 12.1 Å². The summed E-state index contributed by atoms with van der Waals surface area (Å²) in [6.45, 7) is 3.34. The molecule has 0 bridgehead atoms. The number of hydrogen-bond donors (Lipinski definition) is 0. The molecule has 1 aromatic heterocycles. The van der Waals surface area contributed by atoms with Crippen molar-refractivity contribution in [1.82, 2.24) is 4.31 Å². The Morgan fingerprint density at radius 3 is 2.71 bits per heavy atom. The molecule has 0 spiro atoms. The molecule has 1 amide bonds. The number of thioether (sulfide) groups is 1. The third-order valence-corrected chi connectivity index (χ3v) is 9.73. The fourth-order valence-corrected chi connectivity index (χ4v) is 7.77. The van der Waals surface area contributed by atoms with Crippen LogP contribution in [0.15, 0.2) is 45.5 Å².